The molecule has 0 saturated carbocycles. The fourth-order valence-electron chi connectivity index (χ4n) is 1.70. The number of ether oxygens (including phenoxy) is 1. The van der Waals surface area contributed by atoms with Crippen molar-refractivity contribution in [3.63, 3.8) is 0 Å². The van der Waals surface area contributed by atoms with Crippen LogP contribution in [0.1, 0.15) is 12.8 Å². The third kappa shape index (κ3) is 6.44. The highest BCUT2D eigenvalue weighted by molar-refractivity contribution is 7.80. The van der Waals surface area contributed by atoms with Crippen molar-refractivity contribution in [3.8, 4) is 5.75 Å². The van der Waals surface area contributed by atoms with Crippen LogP contribution in [0.15, 0.2) is 24.3 Å². The van der Waals surface area contributed by atoms with Gasteiger partial charge in [0.2, 0.25) is 5.91 Å². The van der Waals surface area contributed by atoms with Crippen molar-refractivity contribution in [2.75, 3.05) is 39.2 Å². The van der Waals surface area contributed by atoms with E-state index in [9.17, 15) is 4.79 Å². The Balaban J connectivity index is 2.37. The number of carbonyl (C=O) groups excluding carboxylic acids is 1. The molecule has 0 atom stereocenters. The van der Waals surface area contributed by atoms with Crippen molar-refractivity contribution in [3.05, 3.63) is 24.3 Å². The first-order valence-electron chi connectivity index (χ1n) is 6.82. The van der Waals surface area contributed by atoms with E-state index in [1.54, 1.807) is 11.9 Å². The van der Waals surface area contributed by atoms with Gasteiger partial charge in [0.15, 0.2) is 0 Å². The van der Waals surface area contributed by atoms with Gasteiger partial charge >= 0.3 is 0 Å². The molecule has 21 heavy (non-hydrogen) atoms. The third-order valence-corrected chi connectivity index (χ3v) is 3.24. The van der Waals surface area contributed by atoms with Crippen molar-refractivity contribution >= 4 is 28.8 Å². The van der Waals surface area contributed by atoms with E-state index in [1.165, 1.54) is 0 Å². The highest BCUT2D eigenvalue weighted by atomic mass is 32.1. The Morgan fingerprint density at radius 2 is 2.00 bits per heavy atom. The van der Waals surface area contributed by atoms with Gasteiger partial charge in [0.05, 0.1) is 18.0 Å². The van der Waals surface area contributed by atoms with Crippen LogP contribution in [0.25, 0.3) is 0 Å². The Bertz CT molecular complexity index is 492. The Morgan fingerprint density at radius 1 is 1.29 bits per heavy atom. The van der Waals surface area contributed by atoms with Crippen LogP contribution in [0, 0.1) is 0 Å². The molecule has 0 bridgehead atoms. The van der Waals surface area contributed by atoms with Gasteiger partial charge in [0.1, 0.15) is 5.75 Å². The Hall–Kier alpha value is -1.82. The lowest BCUT2D eigenvalue weighted by Gasteiger charge is -2.17. The maximum atomic E-state index is 11.9. The smallest absolute Gasteiger partial charge is 0.225 e. The summed E-state index contributed by atoms with van der Waals surface area (Å²) < 4.78 is 5.62. The zero-order valence-corrected chi connectivity index (χ0v) is 13.7. The summed E-state index contributed by atoms with van der Waals surface area (Å²) in [5.74, 6) is 0.787. The zero-order chi connectivity index (χ0) is 15.8. The fraction of sp³-hybridized carbons (Fsp3) is 0.467. The first-order valence-corrected chi connectivity index (χ1v) is 7.23. The lowest BCUT2D eigenvalue weighted by molar-refractivity contribution is -0.130. The number of thiocarbonyl (C=S) groups is 1. The molecule has 0 radical (unpaired) electrons. The molecule has 116 valence electrons. The summed E-state index contributed by atoms with van der Waals surface area (Å²) in [5.41, 5.74) is 6.48. The molecule has 0 unspecified atom stereocenters. The molecule has 0 aliphatic rings. The van der Waals surface area contributed by atoms with E-state index in [2.05, 4.69) is 0 Å². The number of carbonyl (C=O) groups is 1. The molecule has 0 aliphatic carbocycles. The topological polar surface area (TPSA) is 58.8 Å². The summed E-state index contributed by atoms with van der Waals surface area (Å²) in [4.78, 5) is 15.9. The van der Waals surface area contributed by atoms with Gasteiger partial charge in [-0.1, -0.05) is 18.3 Å². The molecule has 2 N–H and O–H groups in total. The number of hydrogen-bond donors (Lipinski definition) is 1. The van der Waals surface area contributed by atoms with Crippen LogP contribution < -0.4 is 15.4 Å². The summed E-state index contributed by atoms with van der Waals surface area (Å²) in [5, 5.41) is 0. The van der Waals surface area contributed by atoms with E-state index in [-0.39, 0.29) is 5.91 Å². The second kappa shape index (κ2) is 8.46. The molecule has 1 amide bonds. The van der Waals surface area contributed by atoms with Gasteiger partial charge in [-0.25, -0.2) is 0 Å². The molecule has 0 heterocycles. The van der Waals surface area contributed by atoms with Gasteiger partial charge in [-0.2, -0.15) is 0 Å². The summed E-state index contributed by atoms with van der Waals surface area (Å²) in [7, 11) is 5.69. The van der Waals surface area contributed by atoms with Gasteiger partial charge in [0, 0.05) is 45.9 Å². The molecule has 1 rings (SSSR count). The zero-order valence-electron chi connectivity index (χ0n) is 12.8. The lowest BCUT2D eigenvalue weighted by atomic mass is 10.3. The van der Waals surface area contributed by atoms with Crippen LogP contribution in [-0.4, -0.2) is 50.1 Å². The molecule has 0 aliphatic heterocycles. The average Bonchev–Trinajstić information content (AvgIpc) is 2.44. The molecule has 1 aromatic carbocycles. The largest absolute Gasteiger partial charge is 0.493 e. The van der Waals surface area contributed by atoms with Gasteiger partial charge in [0.25, 0.3) is 0 Å². The molecule has 1 aromatic rings. The monoisotopic (exact) mass is 309 g/mol. The van der Waals surface area contributed by atoms with Crippen molar-refractivity contribution in [1.29, 1.82) is 0 Å². The minimum atomic E-state index is 0.0232. The van der Waals surface area contributed by atoms with E-state index < -0.39 is 0 Å². The van der Waals surface area contributed by atoms with Gasteiger partial charge in [-0.3, -0.25) is 4.79 Å². The normalized spacial score (nSPS) is 10.0. The Labute approximate surface area is 131 Å². The summed E-state index contributed by atoms with van der Waals surface area (Å²) >= 11 is 4.80. The quantitative estimate of drug-likeness (QED) is 0.740. The van der Waals surface area contributed by atoms with Gasteiger partial charge in [-0.15, -0.1) is 0 Å². The Morgan fingerprint density at radius 3 is 2.62 bits per heavy atom. The highest BCUT2D eigenvalue weighted by Gasteiger charge is 2.09. The predicted molar refractivity (Wildman–Crippen MR) is 89.9 cm³/mol. The van der Waals surface area contributed by atoms with Crippen LogP contribution in [-0.2, 0) is 4.79 Å². The van der Waals surface area contributed by atoms with Gasteiger partial charge < -0.3 is 20.3 Å². The van der Waals surface area contributed by atoms with Crippen molar-refractivity contribution < 1.29 is 9.53 Å². The minimum absolute atomic E-state index is 0.0232. The van der Waals surface area contributed by atoms with Gasteiger partial charge in [-0.05, 0) is 12.1 Å². The standard InChI is InChI=1S/C15H23N3O2S/c1-17(2)12-5-4-6-13(11-12)20-10-8-15(19)18(3)9-7-14(16)21/h4-6,11H,7-10H2,1-3H3,(H2,16,21). The molecule has 0 spiro atoms. The second-order valence-corrected chi connectivity index (χ2v) is 5.55. The van der Waals surface area contributed by atoms with E-state index in [0.717, 1.165) is 11.4 Å². The summed E-state index contributed by atoms with van der Waals surface area (Å²) in [6.07, 6.45) is 0.878. The molecule has 6 heteroatoms. The number of nitrogens with two attached hydrogens (primary N) is 1. The molecule has 0 saturated heterocycles. The lowest BCUT2D eigenvalue weighted by Crippen LogP contribution is -2.30. The van der Waals surface area contributed by atoms with Crippen LogP contribution in [0.4, 0.5) is 5.69 Å². The molecular formula is C15H23N3O2S. The first-order chi connectivity index (χ1) is 9.90. The van der Waals surface area contributed by atoms with E-state index >= 15 is 0 Å². The van der Waals surface area contributed by atoms with E-state index in [1.807, 2.05) is 43.3 Å². The SMILES string of the molecule is CN(CCC(N)=S)C(=O)CCOc1cccc(N(C)C)c1. The molecule has 0 aromatic heterocycles. The number of benzene rings is 1. The molecule has 5 nitrogen and oxygen atoms in total. The summed E-state index contributed by atoms with van der Waals surface area (Å²) in [6.45, 7) is 0.900. The third-order valence-electron chi connectivity index (χ3n) is 3.04. The number of amides is 1. The van der Waals surface area contributed by atoms with Crippen molar-refractivity contribution in [2.45, 2.75) is 12.8 Å². The number of anilines is 1. The van der Waals surface area contributed by atoms with Crippen LogP contribution >= 0.6 is 12.2 Å². The van der Waals surface area contributed by atoms with Crippen molar-refractivity contribution in [2.24, 2.45) is 5.73 Å². The molecule has 0 fully saturated rings. The minimum Gasteiger partial charge on any atom is -0.493 e. The number of nitrogens with zero attached hydrogens (tertiary/aromatic N) is 2. The highest BCUT2D eigenvalue weighted by Crippen LogP contribution is 2.19. The first kappa shape index (κ1) is 17.2. The predicted octanol–water partition coefficient (Wildman–Crippen LogP) is 1.66. The average molecular weight is 309 g/mol. The maximum absolute atomic E-state index is 11.9. The van der Waals surface area contributed by atoms with Crippen molar-refractivity contribution in [1.82, 2.24) is 4.90 Å². The Kier molecular flexibility index (Phi) is 6.94. The van der Waals surface area contributed by atoms with E-state index in [4.69, 9.17) is 22.7 Å². The summed E-state index contributed by atoms with van der Waals surface area (Å²) in [6, 6.07) is 7.76. The fourth-order valence-corrected chi connectivity index (χ4v) is 1.79. The number of rotatable bonds is 8. The van der Waals surface area contributed by atoms with Crippen LogP contribution in [0.5, 0.6) is 5.75 Å². The maximum Gasteiger partial charge on any atom is 0.225 e. The van der Waals surface area contributed by atoms with Crippen LogP contribution in [0.3, 0.4) is 0 Å². The van der Waals surface area contributed by atoms with Crippen LogP contribution in [0.2, 0.25) is 0 Å². The van der Waals surface area contributed by atoms with E-state index in [0.29, 0.717) is 31.0 Å². The number of hydrogen-bond acceptors (Lipinski definition) is 4. The molecular weight excluding hydrogens is 286 g/mol. The second-order valence-electron chi connectivity index (χ2n) is 5.02.